The van der Waals surface area contributed by atoms with Gasteiger partial charge in [-0.15, -0.1) is 0 Å². The van der Waals surface area contributed by atoms with Gasteiger partial charge in [-0.3, -0.25) is 0 Å². The lowest BCUT2D eigenvalue weighted by Gasteiger charge is -2.04. The monoisotopic (exact) mass is 238 g/mol. The fraction of sp³-hybridized carbons (Fsp3) is 0.250. The van der Waals surface area contributed by atoms with Crippen LogP contribution in [-0.2, 0) is 9.05 Å². The summed E-state index contributed by atoms with van der Waals surface area (Å²) in [5.74, 6) is -0.731. The van der Waals surface area contributed by atoms with E-state index >= 15 is 0 Å². The lowest BCUT2D eigenvalue weighted by Crippen LogP contribution is -1.97. The van der Waals surface area contributed by atoms with E-state index in [9.17, 15) is 12.8 Å². The molecule has 0 heterocycles. The van der Waals surface area contributed by atoms with Crippen LogP contribution in [0.25, 0.3) is 0 Å². The predicted molar refractivity (Wildman–Crippen MR) is 50.6 cm³/mol. The number of hydrogen-bond donors (Lipinski definition) is 0. The Bertz CT molecular complexity index is 430. The van der Waals surface area contributed by atoms with Crippen LogP contribution in [0.3, 0.4) is 0 Å². The third kappa shape index (κ3) is 2.59. The van der Waals surface area contributed by atoms with Gasteiger partial charge in [-0.25, -0.2) is 12.8 Å². The third-order valence-corrected chi connectivity index (χ3v) is 2.84. The molecule has 1 aromatic rings. The van der Waals surface area contributed by atoms with Gasteiger partial charge in [-0.05, 0) is 25.1 Å². The minimum Gasteiger partial charge on any atom is -0.491 e. The summed E-state index contributed by atoms with van der Waals surface area (Å²) in [6, 6.07) is 3.25. The molecule has 0 amide bonds. The molecule has 0 saturated carbocycles. The van der Waals surface area contributed by atoms with E-state index in [0.717, 1.165) is 6.07 Å². The zero-order valence-corrected chi connectivity index (χ0v) is 8.90. The lowest BCUT2D eigenvalue weighted by atomic mass is 10.3. The average molecular weight is 239 g/mol. The van der Waals surface area contributed by atoms with Gasteiger partial charge >= 0.3 is 0 Å². The maximum absolute atomic E-state index is 13.1. The SMILES string of the molecule is CCOc1ccc(S(=O)(=O)Cl)cc1F. The van der Waals surface area contributed by atoms with E-state index < -0.39 is 14.9 Å². The minimum absolute atomic E-state index is 0.0107. The van der Waals surface area contributed by atoms with Crippen molar-refractivity contribution in [3.63, 3.8) is 0 Å². The summed E-state index contributed by atoms with van der Waals surface area (Å²) < 4.78 is 39.6. The molecule has 0 aromatic heterocycles. The van der Waals surface area contributed by atoms with Crippen LogP contribution >= 0.6 is 10.7 Å². The standard InChI is InChI=1S/C8H8ClFO3S/c1-2-13-8-4-3-6(5-7(8)10)14(9,11)12/h3-5H,2H2,1H3. The van der Waals surface area contributed by atoms with Gasteiger partial charge in [-0.2, -0.15) is 0 Å². The quantitative estimate of drug-likeness (QED) is 0.758. The van der Waals surface area contributed by atoms with E-state index in [1.54, 1.807) is 6.92 Å². The second kappa shape index (κ2) is 4.14. The maximum atomic E-state index is 13.1. The van der Waals surface area contributed by atoms with Gasteiger partial charge in [-0.1, -0.05) is 0 Å². The maximum Gasteiger partial charge on any atom is 0.261 e. The van der Waals surface area contributed by atoms with Gasteiger partial charge < -0.3 is 4.74 Å². The Morgan fingerprint density at radius 2 is 2.14 bits per heavy atom. The van der Waals surface area contributed by atoms with Crippen molar-refractivity contribution >= 4 is 19.7 Å². The normalized spacial score (nSPS) is 11.4. The van der Waals surface area contributed by atoms with E-state index in [0.29, 0.717) is 6.61 Å². The molecular formula is C8H8ClFO3S. The van der Waals surface area contributed by atoms with Gasteiger partial charge in [0.15, 0.2) is 11.6 Å². The summed E-state index contributed by atoms with van der Waals surface area (Å²) >= 11 is 0. The fourth-order valence-electron chi connectivity index (χ4n) is 0.906. The van der Waals surface area contributed by atoms with Crippen LogP contribution in [0.15, 0.2) is 23.1 Å². The first-order valence-corrected chi connectivity index (χ1v) is 6.13. The van der Waals surface area contributed by atoms with Crippen molar-refractivity contribution in [3.8, 4) is 5.75 Å². The number of rotatable bonds is 3. The topological polar surface area (TPSA) is 43.4 Å². The first kappa shape index (κ1) is 11.3. The van der Waals surface area contributed by atoms with Crippen molar-refractivity contribution < 1.29 is 17.5 Å². The minimum atomic E-state index is -3.88. The number of hydrogen-bond acceptors (Lipinski definition) is 3. The molecule has 0 spiro atoms. The van der Waals surface area contributed by atoms with Crippen molar-refractivity contribution in [1.82, 2.24) is 0 Å². The zero-order valence-electron chi connectivity index (χ0n) is 7.33. The highest BCUT2D eigenvalue weighted by Gasteiger charge is 2.13. The second-order valence-electron chi connectivity index (χ2n) is 2.46. The van der Waals surface area contributed by atoms with Gasteiger partial charge in [0.05, 0.1) is 11.5 Å². The number of halogens is 2. The molecule has 1 rings (SSSR count). The third-order valence-electron chi connectivity index (χ3n) is 1.48. The predicted octanol–water partition coefficient (Wildman–Crippen LogP) is 2.15. The van der Waals surface area contributed by atoms with Crippen LogP contribution in [-0.4, -0.2) is 15.0 Å². The molecule has 78 valence electrons. The van der Waals surface area contributed by atoms with E-state index in [2.05, 4.69) is 0 Å². The Morgan fingerprint density at radius 1 is 1.50 bits per heavy atom. The Balaban J connectivity index is 3.13. The average Bonchev–Trinajstić information content (AvgIpc) is 2.07. The van der Waals surface area contributed by atoms with Crippen LogP contribution in [0.5, 0.6) is 5.75 Å². The highest BCUT2D eigenvalue weighted by Crippen LogP contribution is 2.22. The molecule has 0 unspecified atom stereocenters. The smallest absolute Gasteiger partial charge is 0.261 e. The molecule has 0 saturated heterocycles. The van der Waals surface area contributed by atoms with Gasteiger partial charge in [0.1, 0.15) is 0 Å². The van der Waals surface area contributed by atoms with E-state index in [1.165, 1.54) is 12.1 Å². The summed E-state index contributed by atoms with van der Waals surface area (Å²) in [6.45, 7) is 2.01. The van der Waals surface area contributed by atoms with Crippen LogP contribution in [0.2, 0.25) is 0 Å². The Morgan fingerprint density at radius 3 is 2.57 bits per heavy atom. The molecule has 0 bridgehead atoms. The molecule has 0 aliphatic carbocycles. The molecule has 3 nitrogen and oxygen atoms in total. The Kier molecular flexibility index (Phi) is 3.34. The number of benzene rings is 1. The molecule has 0 fully saturated rings. The molecule has 0 N–H and O–H groups in total. The molecule has 0 radical (unpaired) electrons. The summed E-state index contributed by atoms with van der Waals surface area (Å²) in [7, 11) is 1.14. The molecular weight excluding hydrogens is 231 g/mol. The van der Waals surface area contributed by atoms with Gasteiger partial charge in [0.25, 0.3) is 9.05 Å². The van der Waals surface area contributed by atoms with Gasteiger partial charge in [0, 0.05) is 10.7 Å². The summed E-state index contributed by atoms with van der Waals surface area (Å²) in [6.07, 6.45) is 0. The van der Waals surface area contributed by atoms with Crippen LogP contribution in [0, 0.1) is 5.82 Å². The largest absolute Gasteiger partial charge is 0.491 e. The summed E-state index contributed by atoms with van der Waals surface area (Å²) in [5.41, 5.74) is 0. The molecule has 0 aliphatic heterocycles. The first-order valence-electron chi connectivity index (χ1n) is 3.82. The highest BCUT2D eigenvalue weighted by atomic mass is 35.7. The second-order valence-corrected chi connectivity index (χ2v) is 5.03. The van der Waals surface area contributed by atoms with Crippen LogP contribution < -0.4 is 4.74 Å². The van der Waals surface area contributed by atoms with E-state index in [4.69, 9.17) is 15.4 Å². The van der Waals surface area contributed by atoms with Crippen molar-refractivity contribution in [2.45, 2.75) is 11.8 Å². The molecule has 6 heteroatoms. The van der Waals surface area contributed by atoms with E-state index in [-0.39, 0.29) is 10.6 Å². The molecule has 1 aromatic carbocycles. The summed E-state index contributed by atoms with van der Waals surface area (Å²) in [4.78, 5) is -0.278. The highest BCUT2D eigenvalue weighted by molar-refractivity contribution is 8.13. The summed E-state index contributed by atoms with van der Waals surface area (Å²) in [5, 5.41) is 0. The van der Waals surface area contributed by atoms with Crippen molar-refractivity contribution in [1.29, 1.82) is 0 Å². The lowest BCUT2D eigenvalue weighted by molar-refractivity contribution is 0.321. The molecule has 14 heavy (non-hydrogen) atoms. The van der Waals surface area contributed by atoms with Crippen molar-refractivity contribution in [2.24, 2.45) is 0 Å². The van der Waals surface area contributed by atoms with Crippen molar-refractivity contribution in [3.05, 3.63) is 24.0 Å². The Hall–Kier alpha value is -0.810. The van der Waals surface area contributed by atoms with Gasteiger partial charge in [0.2, 0.25) is 0 Å². The fourth-order valence-corrected chi connectivity index (χ4v) is 1.67. The zero-order chi connectivity index (χ0) is 10.8. The van der Waals surface area contributed by atoms with Crippen LogP contribution in [0.1, 0.15) is 6.92 Å². The van der Waals surface area contributed by atoms with E-state index in [1.807, 2.05) is 0 Å². The molecule has 0 aliphatic rings. The van der Waals surface area contributed by atoms with Crippen molar-refractivity contribution in [2.75, 3.05) is 6.61 Å². The first-order chi connectivity index (χ1) is 6.45. The molecule has 0 atom stereocenters. The number of ether oxygens (including phenoxy) is 1. The van der Waals surface area contributed by atoms with Crippen LogP contribution in [0.4, 0.5) is 4.39 Å². The Labute approximate surface area is 85.9 Å².